The zero-order valence-corrected chi connectivity index (χ0v) is 26.5. The van der Waals surface area contributed by atoms with Crippen LogP contribution in [0.2, 0.25) is 0 Å². The molecular weight excluding hydrogens is 599 g/mol. The number of rotatable bonds is 5. The Kier molecular flexibility index (Phi) is 6.18. The van der Waals surface area contributed by atoms with E-state index in [-0.39, 0.29) is 0 Å². The molecule has 0 atom stereocenters. The Morgan fingerprint density at radius 3 is 1.80 bits per heavy atom. The molecule has 2 aromatic heterocycles. The summed E-state index contributed by atoms with van der Waals surface area (Å²) in [6, 6.07) is 62.1. The number of hydrogen-bond acceptors (Lipinski definition) is 3. The van der Waals surface area contributed by atoms with Crippen LogP contribution in [0.15, 0.2) is 185 Å². The van der Waals surface area contributed by atoms with Crippen LogP contribution in [0.4, 0.5) is 17.1 Å². The third kappa shape index (κ3) is 4.51. The van der Waals surface area contributed by atoms with Gasteiger partial charge in [0, 0.05) is 49.9 Å². The summed E-state index contributed by atoms with van der Waals surface area (Å²) in [5.41, 5.74) is 11.4. The first-order valence-electron chi connectivity index (χ1n) is 16.6. The number of nitrogens with zero attached hydrogens (tertiary/aromatic N) is 1. The van der Waals surface area contributed by atoms with E-state index < -0.39 is 0 Å². The molecular formula is C46H29NO2. The second-order valence-electron chi connectivity index (χ2n) is 12.5. The van der Waals surface area contributed by atoms with Gasteiger partial charge in [0.05, 0.1) is 5.69 Å². The van der Waals surface area contributed by atoms with E-state index in [4.69, 9.17) is 8.83 Å². The van der Waals surface area contributed by atoms with Crippen LogP contribution in [0.1, 0.15) is 0 Å². The van der Waals surface area contributed by atoms with Crippen molar-refractivity contribution in [2.24, 2.45) is 0 Å². The van der Waals surface area contributed by atoms with Crippen LogP contribution in [0.25, 0.3) is 76.9 Å². The Morgan fingerprint density at radius 1 is 0.347 bits per heavy atom. The van der Waals surface area contributed by atoms with Crippen molar-refractivity contribution in [1.29, 1.82) is 0 Å². The highest BCUT2D eigenvalue weighted by molar-refractivity contribution is 6.15. The second kappa shape index (κ2) is 11.0. The topological polar surface area (TPSA) is 29.5 Å². The summed E-state index contributed by atoms with van der Waals surface area (Å²) in [5.74, 6) is 0. The van der Waals surface area contributed by atoms with Crippen molar-refractivity contribution in [1.82, 2.24) is 0 Å². The van der Waals surface area contributed by atoms with E-state index in [1.165, 1.54) is 0 Å². The fourth-order valence-electron chi connectivity index (χ4n) is 7.30. The molecule has 2 heterocycles. The molecule has 10 rings (SSSR count). The fraction of sp³-hybridized carbons (Fsp3) is 0. The Hall–Kier alpha value is -6.58. The second-order valence-corrected chi connectivity index (χ2v) is 12.5. The molecule has 0 aliphatic carbocycles. The summed E-state index contributed by atoms with van der Waals surface area (Å²) in [6.07, 6.45) is 0. The van der Waals surface area contributed by atoms with Gasteiger partial charge in [0.1, 0.15) is 22.3 Å². The van der Waals surface area contributed by atoms with Gasteiger partial charge in [-0.15, -0.1) is 0 Å². The van der Waals surface area contributed by atoms with Gasteiger partial charge >= 0.3 is 0 Å². The molecule has 49 heavy (non-hydrogen) atoms. The number of para-hydroxylation sites is 3. The van der Waals surface area contributed by atoms with Gasteiger partial charge in [-0.25, -0.2) is 0 Å². The van der Waals surface area contributed by atoms with Gasteiger partial charge in [-0.3, -0.25) is 0 Å². The highest BCUT2D eigenvalue weighted by Gasteiger charge is 2.19. The quantitative estimate of drug-likeness (QED) is 0.190. The van der Waals surface area contributed by atoms with Gasteiger partial charge < -0.3 is 13.7 Å². The molecule has 0 saturated heterocycles. The average molecular weight is 628 g/mol. The van der Waals surface area contributed by atoms with Crippen molar-refractivity contribution in [2.75, 3.05) is 4.90 Å². The first kappa shape index (κ1) is 27.5. The predicted molar refractivity (Wildman–Crippen MR) is 204 cm³/mol. The molecule has 8 aromatic carbocycles. The number of furan rings is 2. The Labute approximate surface area is 282 Å². The summed E-state index contributed by atoms with van der Waals surface area (Å²) < 4.78 is 12.7. The van der Waals surface area contributed by atoms with Crippen LogP contribution in [0.3, 0.4) is 0 Å². The van der Waals surface area contributed by atoms with Crippen LogP contribution in [-0.2, 0) is 0 Å². The maximum absolute atomic E-state index is 6.39. The minimum atomic E-state index is 0.866. The summed E-state index contributed by atoms with van der Waals surface area (Å²) in [7, 11) is 0. The van der Waals surface area contributed by atoms with Crippen molar-refractivity contribution in [3.63, 3.8) is 0 Å². The molecule has 3 heteroatoms. The fourth-order valence-corrected chi connectivity index (χ4v) is 7.30. The average Bonchev–Trinajstić information content (AvgIpc) is 3.74. The van der Waals surface area contributed by atoms with E-state index in [0.717, 1.165) is 94.0 Å². The molecule has 0 N–H and O–H groups in total. The predicted octanol–water partition coefficient (Wildman–Crippen LogP) is 13.4. The van der Waals surface area contributed by atoms with Gasteiger partial charge in [-0.1, -0.05) is 115 Å². The molecule has 0 unspecified atom stereocenters. The number of benzene rings is 8. The van der Waals surface area contributed by atoms with Gasteiger partial charge in [0.15, 0.2) is 0 Å². The van der Waals surface area contributed by atoms with Crippen LogP contribution in [-0.4, -0.2) is 0 Å². The van der Waals surface area contributed by atoms with E-state index in [1.807, 2.05) is 24.3 Å². The standard InChI is InChI=1S/C46H29NO2/c1-2-10-31(11-3-1)36-12-4-7-15-42(36)47(35-25-27-39-37-13-5-8-16-43(37)48-45(39)29-35)34-23-20-30(21-24-34)33-19-18-32-22-26-40-38-14-6-9-17-44(38)49-46(40)41(32)28-33/h1-29H. The van der Waals surface area contributed by atoms with E-state index in [9.17, 15) is 0 Å². The highest BCUT2D eigenvalue weighted by atomic mass is 16.3. The highest BCUT2D eigenvalue weighted by Crippen LogP contribution is 2.43. The minimum Gasteiger partial charge on any atom is -0.456 e. The van der Waals surface area contributed by atoms with Crippen molar-refractivity contribution < 1.29 is 8.83 Å². The summed E-state index contributed by atoms with van der Waals surface area (Å²) in [6.45, 7) is 0. The van der Waals surface area contributed by atoms with Crippen molar-refractivity contribution in [3.05, 3.63) is 176 Å². The van der Waals surface area contributed by atoms with Crippen LogP contribution >= 0.6 is 0 Å². The van der Waals surface area contributed by atoms with E-state index >= 15 is 0 Å². The van der Waals surface area contributed by atoms with Gasteiger partial charge in [-0.2, -0.15) is 0 Å². The molecule has 0 radical (unpaired) electrons. The Bertz CT molecular complexity index is 2830. The molecule has 3 nitrogen and oxygen atoms in total. The third-order valence-electron chi connectivity index (χ3n) is 9.67. The van der Waals surface area contributed by atoms with Crippen molar-refractivity contribution in [2.45, 2.75) is 0 Å². The van der Waals surface area contributed by atoms with Crippen LogP contribution < -0.4 is 4.90 Å². The molecule has 0 aliphatic rings. The molecule has 0 bridgehead atoms. The molecule has 0 spiro atoms. The van der Waals surface area contributed by atoms with Crippen LogP contribution in [0, 0.1) is 0 Å². The van der Waals surface area contributed by atoms with E-state index in [0.29, 0.717) is 0 Å². The lowest BCUT2D eigenvalue weighted by Crippen LogP contribution is -2.11. The van der Waals surface area contributed by atoms with E-state index in [2.05, 4.69) is 157 Å². The Balaban J connectivity index is 1.12. The van der Waals surface area contributed by atoms with Gasteiger partial charge in [0.25, 0.3) is 0 Å². The van der Waals surface area contributed by atoms with Crippen molar-refractivity contribution >= 4 is 71.7 Å². The summed E-state index contributed by atoms with van der Waals surface area (Å²) in [4.78, 5) is 2.33. The number of hydrogen-bond donors (Lipinski definition) is 0. The Morgan fingerprint density at radius 2 is 0.959 bits per heavy atom. The lowest BCUT2D eigenvalue weighted by Gasteiger charge is -2.28. The maximum Gasteiger partial charge on any atom is 0.143 e. The van der Waals surface area contributed by atoms with Gasteiger partial charge in [-0.05, 0) is 76.7 Å². The number of anilines is 3. The normalized spacial score (nSPS) is 11.7. The maximum atomic E-state index is 6.39. The molecule has 0 amide bonds. The molecule has 0 saturated carbocycles. The zero-order chi connectivity index (χ0) is 32.3. The van der Waals surface area contributed by atoms with E-state index in [1.54, 1.807) is 0 Å². The molecule has 10 aromatic rings. The largest absolute Gasteiger partial charge is 0.456 e. The lowest BCUT2D eigenvalue weighted by atomic mass is 9.98. The smallest absolute Gasteiger partial charge is 0.143 e. The molecule has 0 aliphatic heterocycles. The number of fused-ring (bicyclic) bond motifs is 8. The summed E-state index contributed by atoms with van der Waals surface area (Å²) >= 11 is 0. The first-order valence-corrected chi connectivity index (χ1v) is 16.6. The SMILES string of the molecule is c1ccc(-c2ccccc2N(c2ccc(-c3ccc4ccc5c6ccccc6oc5c4c3)cc2)c2ccc3c(c2)oc2ccccc23)cc1. The molecule has 230 valence electrons. The van der Waals surface area contributed by atoms with Crippen LogP contribution in [0.5, 0.6) is 0 Å². The summed E-state index contributed by atoms with van der Waals surface area (Å²) in [5, 5.41) is 6.81. The first-order chi connectivity index (χ1) is 24.3. The zero-order valence-electron chi connectivity index (χ0n) is 26.5. The monoisotopic (exact) mass is 627 g/mol. The van der Waals surface area contributed by atoms with Gasteiger partial charge in [0.2, 0.25) is 0 Å². The van der Waals surface area contributed by atoms with Crippen molar-refractivity contribution in [3.8, 4) is 22.3 Å². The minimum absolute atomic E-state index is 0.866. The molecule has 0 fully saturated rings. The third-order valence-corrected chi connectivity index (χ3v) is 9.67. The lowest BCUT2D eigenvalue weighted by molar-refractivity contribution is 0.669.